The third-order valence-electron chi connectivity index (χ3n) is 3.72. The topological polar surface area (TPSA) is 41.5 Å². The summed E-state index contributed by atoms with van der Waals surface area (Å²) in [7, 11) is 0. The van der Waals surface area contributed by atoms with Gasteiger partial charge in [-0.25, -0.2) is 0 Å². The smallest absolute Gasteiger partial charge is 0.120 e. The van der Waals surface area contributed by atoms with Gasteiger partial charge in [-0.05, 0) is 56.7 Å². The van der Waals surface area contributed by atoms with Crippen LogP contribution in [-0.2, 0) is 6.54 Å². The Labute approximate surface area is 116 Å². The molecule has 0 aromatic heterocycles. The highest BCUT2D eigenvalue weighted by molar-refractivity contribution is 5.28. The van der Waals surface area contributed by atoms with Crippen molar-refractivity contribution in [1.29, 1.82) is 0 Å². The normalized spacial score (nSPS) is 17.6. The van der Waals surface area contributed by atoms with Gasteiger partial charge >= 0.3 is 0 Å². The van der Waals surface area contributed by atoms with Crippen LogP contribution in [0.15, 0.2) is 24.3 Å². The zero-order valence-electron chi connectivity index (χ0n) is 11.8. The van der Waals surface area contributed by atoms with E-state index in [4.69, 9.17) is 9.84 Å². The molecule has 19 heavy (non-hydrogen) atoms. The van der Waals surface area contributed by atoms with E-state index in [1.807, 2.05) is 6.07 Å². The van der Waals surface area contributed by atoms with Crippen LogP contribution < -0.4 is 10.1 Å². The van der Waals surface area contributed by atoms with Crippen molar-refractivity contribution in [3.05, 3.63) is 29.8 Å². The van der Waals surface area contributed by atoms with Crippen molar-refractivity contribution in [2.24, 2.45) is 0 Å². The highest BCUT2D eigenvalue weighted by Gasteiger charge is 2.16. The van der Waals surface area contributed by atoms with E-state index in [1.54, 1.807) is 0 Å². The molecule has 2 N–H and O–H groups in total. The van der Waals surface area contributed by atoms with Crippen molar-refractivity contribution in [2.45, 2.75) is 57.7 Å². The predicted octanol–water partition coefficient (Wildman–Crippen LogP) is 2.87. The molecule has 3 nitrogen and oxygen atoms in total. The molecule has 0 aliphatic heterocycles. The largest absolute Gasteiger partial charge is 0.490 e. The molecule has 1 unspecified atom stereocenters. The van der Waals surface area contributed by atoms with E-state index in [-0.39, 0.29) is 6.61 Å². The molecule has 1 aromatic rings. The number of hydrogen-bond donors (Lipinski definition) is 2. The van der Waals surface area contributed by atoms with Crippen LogP contribution in [0, 0.1) is 0 Å². The summed E-state index contributed by atoms with van der Waals surface area (Å²) in [4.78, 5) is 0. The van der Waals surface area contributed by atoms with Crippen molar-refractivity contribution in [3.63, 3.8) is 0 Å². The molecule has 1 aliphatic carbocycles. The average molecular weight is 263 g/mol. The fourth-order valence-corrected chi connectivity index (χ4v) is 2.52. The average Bonchev–Trinajstić information content (AvgIpc) is 2.90. The molecule has 0 amide bonds. The maximum Gasteiger partial charge on any atom is 0.120 e. The summed E-state index contributed by atoms with van der Waals surface area (Å²) >= 11 is 0. The lowest BCUT2D eigenvalue weighted by molar-refractivity contribution is 0.210. The van der Waals surface area contributed by atoms with Crippen molar-refractivity contribution in [3.8, 4) is 5.75 Å². The first-order valence-corrected chi connectivity index (χ1v) is 7.38. The van der Waals surface area contributed by atoms with Crippen molar-refractivity contribution < 1.29 is 9.84 Å². The van der Waals surface area contributed by atoms with Gasteiger partial charge in [0.1, 0.15) is 5.75 Å². The Morgan fingerprint density at radius 3 is 2.89 bits per heavy atom. The fourth-order valence-electron chi connectivity index (χ4n) is 2.52. The van der Waals surface area contributed by atoms with E-state index >= 15 is 0 Å². The minimum absolute atomic E-state index is 0.235. The van der Waals surface area contributed by atoms with Gasteiger partial charge in [0.2, 0.25) is 0 Å². The van der Waals surface area contributed by atoms with Crippen LogP contribution in [0.25, 0.3) is 0 Å². The van der Waals surface area contributed by atoms with Gasteiger partial charge in [0.25, 0.3) is 0 Å². The summed E-state index contributed by atoms with van der Waals surface area (Å²) in [5.41, 5.74) is 1.24. The third kappa shape index (κ3) is 4.84. The Bertz CT molecular complexity index is 375. The number of ether oxygens (including phenoxy) is 1. The zero-order chi connectivity index (χ0) is 13.5. The number of hydrogen-bond acceptors (Lipinski definition) is 3. The van der Waals surface area contributed by atoms with Gasteiger partial charge in [0.05, 0.1) is 6.10 Å². The second-order valence-corrected chi connectivity index (χ2v) is 5.47. The van der Waals surface area contributed by atoms with Crippen molar-refractivity contribution in [2.75, 3.05) is 6.61 Å². The molecule has 1 saturated carbocycles. The van der Waals surface area contributed by atoms with Crippen molar-refractivity contribution >= 4 is 0 Å². The van der Waals surface area contributed by atoms with Crippen LogP contribution in [-0.4, -0.2) is 23.9 Å². The Morgan fingerprint density at radius 1 is 1.37 bits per heavy atom. The summed E-state index contributed by atoms with van der Waals surface area (Å²) in [6.07, 6.45) is 6.18. The summed E-state index contributed by atoms with van der Waals surface area (Å²) in [6, 6.07) is 8.66. The van der Waals surface area contributed by atoms with Gasteiger partial charge in [-0.1, -0.05) is 12.1 Å². The number of rotatable bonds is 7. The molecule has 0 spiro atoms. The second-order valence-electron chi connectivity index (χ2n) is 5.47. The highest BCUT2D eigenvalue weighted by Crippen LogP contribution is 2.24. The van der Waals surface area contributed by atoms with Gasteiger partial charge in [0.15, 0.2) is 0 Å². The lowest BCUT2D eigenvalue weighted by Gasteiger charge is -2.15. The van der Waals surface area contributed by atoms with Gasteiger partial charge in [-0.3, -0.25) is 0 Å². The number of nitrogens with one attached hydrogen (secondary N) is 1. The first kappa shape index (κ1) is 14.4. The predicted molar refractivity (Wildman–Crippen MR) is 77.3 cm³/mol. The monoisotopic (exact) mass is 263 g/mol. The lowest BCUT2D eigenvalue weighted by Crippen LogP contribution is -2.26. The van der Waals surface area contributed by atoms with Crippen LogP contribution in [0.5, 0.6) is 5.75 Å². The maximum absolute atomic E-state index is 8.88. The van der Waals surface area contributed by atoms with E-state index in [9.17, 15) is 0 Å². The lowest BCUT2D eigenvalue weighted by atomic mass is 10.2. The molecule has 0 bridgehead atoms. The molecule has 0 heterocycles. The molecular formula is C16H25NO2. The summed E-state index contributed by atoms with van der Waals surface area (Å²) in [6.45, 7) is 3.15. The fraction of sp³-hybridized carbons (Fsp3) is 0.625. The highest BCUT2D eigenvalue weighted by atomic mass is 16.5. The van der Waals surface area contributed by atoms with E-state index in [0.717, 1.165) is 18.7 Å². The first-order valence-electron chi connectivity index (χ1n) is 7.38. The Kier molecular flexibility index (Phi) is 5.67. The van der Waals surface area contributed by atoms with Gasteiger partial charge in [-0.15, -0.1) is 0 Å². The molecule has 1 fully saturated rings. The molecular weight excluding hydrogens is 238 g/mol. The minimum atomic E-state index is 0.235. The van der Waals surface area contributed by atoms with Gasteiger partial charge < -0.3 is 15.2 Å². The molecule has 1 aliphatic rings. The quantitative estimate of drug-likeness (QED) is 0.795. The number of aliphatic hydroxyl groups excluding tert-OH is 1. The summed E-state index contributed by atoms with van der Waals surface area (Å²) < 4.78 is 6.00. The summed E-state index contributed by atoms with van der Waals surface area (Å²) in [5.74, 6) is 0.987. The second kappa shape index (κ2) is 7.51. The van der Waals surface area contributed by atoms with Crippen LogP contribution in [0.1, 0.15) is 44.6 Å². The minimum Gasteiger partial charge on any atom is -0.490 e. The van der Waals surface area contributed by atoms with Crippen LogP contribution in [0.3, 0.4) is 0 Å². The maximum atomic E-state index is 8.88. The molecule has 3 heteroatoms. The molecule has 1 aromatic carbocycles. The van der Waals surface area contributed by atoms with Crippen LogP contribution in [0.2, 0.25) is 0 Å². The Morgan fingerprint density at radius 2 is 2.16 bits per heavy atom. The zero-order valence-corrected chi connectivity index (χ0v) is 11.8. The Hall–Kier alpha value is -1.06. The van der Waals surface area contributed by atoms with E-state index in [0.29, 0.717) is 12.1 Å². The number of benzene rings is 1. The first-order chi connectivity index (χ1) is 9.28. The molecule has 0 saturated heterocycles. The third-order valence-corrected chi connectivity index (χ3v) is 3.72. The van der Waals surface area contributed by atoms with Gasteiger partial charge in [0, 0.05) is 19.2 Å². The van der Waals surface area contributed by atoms with Crippen molar-refractivity contribution in [1.82, 2.24) is 5.32 Å². The standard InChI is InChI=1S/C16H25NO2/c1-13(9-10-18)17-12-14-5-4-8-16(11-14)19-15-6-2-3-7-15/h4-5,8,11,13,15,17-18H,2-3,6-7,9-10,12H2,1H3. The molecule has 1 atom stereocenters. The van der Waals surface area contributed by atoms with Gasteiger partial charge in [-0.2, -0.15) is 0 Å². The SMILES string of the molecule is CC(CCO)NCc1cccc(OC2CCCC2)c1. The van der Waals surface area contributed by atoms with E-state index in [1.165, 1.54) is 31.2 Å². The van der Waals surface area contributed by atoms with Crippen LogP contribution in [0.4, 0.5) is 0 Å². The van der Waals surface area contributed by atoms with E-state index in [2.05, 4.69) is 30.4 Å². The Balaban J connectivity index is 1.84. The summed E-state index contributed by atoms with van der Waals surface area (Å²) in [5, 5.41) is 12.3. The molecule has 0 radical (unpaired) electrons. The molecule has 2 rings (SSSR count). The van der Waals surface area contributed by atoms with E-state index < -0.39 is 0 Å². The number of aliphatic hydroxyl groups is 1. The molecule has 106 valence electrons. The van der Waals surface area contributed by atoms with Crippen LogP contribution >= 0.6 is 0 Å².